The van der Waals surface area contributed by atoms with E-state index in [0.717, 1.165) is 25.8 Å². The second kappa shape index (κ2) is 16.7. The molecule has 0 amide bonds. The van der Waals surface area contributed by atoms with E-state index < -0.39 is 5.41 Å². The highest BCUT2D eigenvalue weighted by atomic mass is 15.2. The lowest BCUT2D eigenvalue weighted by atomic mass is 9.67. The Kier molecular flexibility index (Phi) is 9.79. The first kappa shape index (κ1) is 42.2. The van der Waals surface area contributed by atoms with Gasteiger partial charge in [-0.1, -0.05) is 201 Å². The molecule has 72 heavy (non-hydrogen) atoms. The normalized spacial score (nSPS) is 15.0. The average molecular weight is 921 g/mol. The molecule has 3 aliphatic rings. The zero-order valence-corrected chi connectivity index (χ0v) is 40.4. The lowest BCUT2D eigenvalue weighted by molar-refractivity contribution is 0.728. The van der Waals surface area contributed by atoms with Crippen LogP contribution in [-0.4, -0.2) is 6.54 Å². The van der Waals surface area contributed by atoms with Crippen molar-refractivity contribution in [1.29, 1.82) is 0 Å². The van der Waals surface area contributed by atoms with Crippen LogP contribution in [0.3, 0.4) is 0 Å². The zero-order valence-electron chi connectivity index (χ0n) is 40.4. The third-order valence-corrected chi connectivity index (χ3v) is 16.1. The molecule has 11 aromatic rings. The van der Waals surface area contributed by atoms with Crippen molar-refractivity contribution in [3.8, 4) is 11.1 Å². The first-order valence-corrected chi connectivity index (χ1v) is 25.5. The van der Waals surface area contributed by atoms with Gasteiger partial charge in [-0.15, -0.1) is 0 Å². The van der Waals surface area contributed by atoms with Gasteiger partial charge in [-0.25, -0.2) is 0 Å². The summed E-state index contributed by atoms with van der Waals surface area (Å²) in [6.07, 6.45) is 14.0. The van der Waals surface area contributed by atoms with Crippen molar-refractivity contribution >= 4 is 78.0 Å². The summed E-state index contributed by atoms with van der Waals surface area (Å²) in [6.45, 7) is 7.24. The van der Waals surface area contributed by atoms with Crippen molar-refractivity contribution in [2.45, 2.75) is 31.6 Å². The van der Waals surface area contributed by atoms with E-state index in [4.69, 9.17) is 0 Å². The highest BCUT2D eigenvalue weighted by molar-refractivity contribution is 6.35. The lowest BCUT2D eigenvalue weighted by Gasteiger charge is -2.36. The number of para-hydroxylation sites is 2. The smallest absolute Gasteiger partial charge is 0.0714 e. The zero-order chi connectivity index (χ0) is 47.9. The number of fused-ring (bicyclic) bond motifs is 7. The molecule has 0 unspecified atom stereocenters. The molecule has 14 rings (SSSR count). The molecule has 0 spiro atoms. The fourth-order valence-electron chi connectivity index (χ4n) is 13.0. The van der Waals surface area contributed by atoms with Gasteiger partial charge in [0.1, 0.15) is 0 Å². The van der Waals surface area contributed by atoms with Gasteiger partial charge in [0.25, 0.3) is 0 Å². The van der Waals surface area contributed by atoms with Gasteiger partial charge in [0, 0.05) is 41.1 Å². The van der Waals surface area contributed by atoms with Crippen LogP contribution in [0, 0.1) is 0 Å². The molecule has 2 heterocycles. The molecule has 2 aliphatic heterocycles. The van der Waals surface area contributed by atoms with Gasteiger partial charge in [-0.05, 0) is 161 Å². The van der Waals surface area contributed by atoms with Crippen LogP contribution in [0.5, 0.6) is 0 Å². The molecule has 2 heteroatoms. The van der Waals surface area contributed by atoms with Crippen LogP contribution in [0.25, 0.3) is 66.4 Å². The molecule has 0 aromatic heterocycles. The molecule has 0 saturated heterocycles. The first-order chi connectivity index (χ1) is 35.6. The Balaban J connectivity index is 0.906. The molecule has 0 saturated carbocycles. The van der Waals surface area contributed by atoms with Crippen LogP contribution in [0.1, 0.15) is 64.3 Å². The summed E-state index contributed by atoms with van der Waals surface area (Å²) >= 11 is 0. The summed E-state index contributed by atoms with van der Waals surface area (Å²) in [6, 6.07) is 77.7. The topological polar surface area (TPSA) is 6.48 Å². The first-order valence-electron chi connectivity index (χ1n) is 25.5. The molecular weight excluding hydrogens is 869 g/mol. The summed E-state index contributed by atoms with van der Waals surface area (Å²) in [5.41, 5.74) is 19.9. The van der Waals surface area contributed by atoms with E-state index in [1.54, 1.807) is 0 Å². The highest BCUT2D eigenvalue weighted by Gasteiger charge is 2.46. The van der Waals surface area contributed by atoms with Gasteiger partial charge >= 0.3 is 0 Å². The fraction of sp³-hybridized carbons (Fsp3) is 0.0857. The SMILES string of the molecule is C=CC=CC1=C(C)CCCN1c1ccc2c(c1)C(c1ccccc1)(c1ccccc1)c1cc(C=Cc3ccc4c5cccc6c(N7c8ccccc8Cc8ccccc87)ccc(c7cccc3c47)c65)ccc1-2. The van der Waals surface area contributed by atoms with E-state index in [0.29, 0.717) is 0 Å². The maximum atomic E-state index is 3.99. The Hall–Kier alpha value is -8.72. The van der Waals surface area contributed by atoms with Crippen molar-refractivity contribution in [2.75, 3.05) is 16.3 Å². The maximum Gasteiger partial charge on any atom is 0.0714 e. The minimum atomic E-state index is -0.534. The van der Waals surface area contributed by atoms with Crippen LogP contribution < -0.4 is 9.80 Å². The van der Waals surface area contributed by atoms with Crippen LogP contribution in [0.4, 0.5) is 22.7 Å². The molecular formula is C70H52N2. The number of allylic oxidation sites excluding steroid dienone is 4. The van der Waals surface area contributed by atoms with E-state index in [1.165, 1.54) is 133 Å². The summed E-state index contributed by atoms with van der Waals surface area (Å²) in [5, 5.41) is 10.3. The Labute approximate surface area is 421 Å². The van der Waals surface area contributed by atoms with Gasteiger partial charge < -0.3 is 9.80 Å². The Morgan fingerprint density at radius 1 is 0.486 bits per heavy atom. The molecule has 0 fully saturated rings. The maximum absolute atomic E-state index is 3.99. The lowest BCUT2D eigenvalue weighted by Crippen LogP contribution is -2.30. The quantitative estimate of drug-likeness (QED) is 0.0648. The molecule has 0 atom stereocenters. The van der Waals surface area contributed by atoms with E-state index in [2.05, 4.69) is 254 Å². The third-order valence-electron chi connectivity index (χ3n) is 16.1. The summed E-state index contributed by atoms with van der Waals surface area (Å²) in [4.78, 5) is 5.01. The van der Waals surface area contributed by atoms with Crippen LogP contribution in [0.2, 0.25) is 0 Å². The van der Waals surface area contributed by atoms with Crippen molar-refractivity contribution < 1.29 is 0 Å². The molecule has 11 aromatic carbocycles. The number of hydrogen-bond acceptors (Lipinski definition) is 2. The minimum absolute atomic E-state index is 0.534. The van der Waals surface area contributed by atoms with E-state index in [9.17, 15) is 0 Å². The Bertz CT molecular complexity index is 3970. The number of hydrogen-bond donors (Lipinski definition) is 0. The molecule has 0 radical (unpaired) electrons. The molecule has 0 N–H and O–H groups in total. The Morgan fingerprint density at radius 3 is 1.76 bits per heavy atom. The summed E-state index contributed by atoms with van der Waals surface area (Å²) in [7, 11) is 0. The molecule has 2 nitrogen and oxygen atoms in total. The van der Waals surface area contributed by atoms with Gasteiger partial charge in [0.2, 0.25) is 0 Å². The largest absolute Gasteiger partial charge is 0.342 e. The second-order valence-electron chi connectivity index (χ2n) is 19.9. The monoisotopic (exact) mass is 920 g/mol. The second-order valence-corrected chi connectivity index (χ2v) is 19.9. The fourth-order valence-corrected chi connectivity index (χ4v) is 13.0. The van der Waals surface area contributed by atoms with Gasteiger partial charge in [0.05, 0.1) is 11.1 Å². The van der Waals surface area contributed by atoms with Gasteiger partial charge in [0.15, 0.2) is 0 Å². The third kappa shape index (κ3) is 6.28. The number of nitrogens with zero attached hydrogens (tertiary/aromatic N) is 2. The number of anilines is 4. The van der Waals surface area contributed by atoms with Gasteiger partial charge in [-0.2, -0.15) is 0 Å². The number of benzene rings is 11. The molecule has 1 aliphatic carbocycles. The summed E-state index contributed by atoms with van der Waals surface area (Å²) in [5.74, 6) is 0. The molecule has 0 bridgehead atoms. The predicted molar refractivity (Wildman–Crippen MR) is 306 cm³/mol. The summed E-state index contributed by atoms with van der Waals surface area (Å²) < 4.78 is 0. The van der Waals surface area contributed by atoms with Crippen molar-refractivity contribution in [3.05, 3.63) is 287 Å². The standard InChI is InChI=1S/C70H52N2/c1-3-4-29-64-46(2)18-17-42-71(64)53-36-39-56-55-37-33-47(43-62(55)70(63(56)45-53,51-21-7-5-8-22-51)52-23-9-6-10-24-52)32-34-48-35-38-59-58-27-16-28-61-67(41-40-60(69(58)61)57-26-15-25-54(48)68(57)59)72-65-30-13-11-19-49(65)44-50-20-12-14-31-66(50)72/h3-16,19-41,43,45H,1,17-18,42,44H2,2H3. The molecule has 342 valence electrons. The average Bonchev–Trinajstić information content (AvgIpc) is 3.73. The minimum Gasteiger partial charge on any atom is -0.342 e. The van der Waals surface area contributed by atoms with E-state index >= 15 is 0 Å². The van der Waals surface area contributed by atoms with Crippen molar-refractivity contribution in [3.63, 3.8) is 0 Å². The predicted octanol–water partition coefficient (Wildman–Crippen LogP) is 18.3. The van der Waals surface area contributed by atoms with Crippen LogP contribution >= 0.6 is 0 Å². The van der Waals surface area contributed by atoms with E-state index in [1.807, 2.05) is 6.08 Å². The van der Waals surface area contributed by atoms with Crippen LogP contribution in [0.15, 0.2) is 242 Å². The van der Waals surface area contributed by atoms with Crippen molar-refractivity contribution in [2.24, 2.45) is 0 Å². The van der Waals surface area contributed by atoms with Crippen molar-refractivity contribution in [1.82, 2.24) is 0 Å². The Morgan fingerprint density at radius 2 is 1.07 bits per heavy atom. The van der Waals surface area contributed by atoms with Crippen LogP contribution in [-0.2, 0) is 11.8 Å². The van der Waals surface area contributed by atoms with E-state index in [-0.39, 0.29) is 0 Å². The number of rotatable bonds is 8. The van der Waals surface area contributed by atoms with Gasteiger partial charge in [-0.3, -0.25) is 0 Å². The highest BCUT2D eigenvalue weighted by Crippen LogP contribution is 2.58.